The highest BCUT2D eigenvalue weighted by molar-refractivity contribution is 7.09. The van der Waals surface area contributed by atoms with Gasteiger partial charge < -0.3 is 10.1 Å². The van der Waals surface area contributed by atoms with Crippen LogP contribution in [-0.4, -0.2) is 36.5 Å². The highest BCUT2D eigenvalue weighted by atomic mass is 32.1. The van der Waals surface area contributed by atoms with Crippen LogP contribution >= 0.6 is 11.3 Å². The molecule has 1 N–H and O–H groups in total. The number of hydrogen-bond acceptors (Lipinski definition) is 4. The van der Waals surface area contributed by atoms with Gasteiger partial charge in [-0.25, -0.2) is 13.8 Å². The standard InChI is InChI=1S/C12H16F4N2OS/c13-11(14)12(15,16)7-19-5-10-18-9(6-20-10)3-4-17-8-1-2-8/h6,8,11,17H,1-5,7H2. The summed E-state index contributed by atoms with van der Waals surface area (Å²) in [6.45, 7) is -0.621. The first-order valence-electron chi connectivity index (χ1n) is 6.38. The van der Waals surface area contributed by atoms with Gasteiger partial charge in [0.25, 0.3) is 0 Å². The Bertz CT molecular complexity index is 423. The van der Waals surface area contributed by atoms with Crippen LogP contribution in [0.15, 0.2) is 5.38 Å². The van der Waals surface area contributed by atoms with E-state index in [9.17, 15) is 17.6 Å². The summed E-state index contributed by atoms with van der Waals surface area (Å²) in [4.78, 5) is 4.21. The third kappa shape index (κ3) is 4.99. The van der Waals surface area contributed by atoms with E-state index in [-0.39, 0.29) is 6.61 Å². The van der Waals surface area contributed by atoms with Crippen molar-refractivity contribution in [1.29, 1.82) is 0 Å². The van der Waals surface area contributed by atoms with E-state index >= 15 is 0 Å². The molecule has 0 atom stereocenters. The monoisotopic (exact) mass is 312 g/mol. The van der Waals surface area contributed by atoms with Gasteiger partial charge in [0, 0.05) is 24.4 Å². The predicted octanol–water partition coefficient (Wildman–Crippen LogP) is 2.85. The van der Waals surface area contributed by atoms with E-state index in [1.807, 2.05) is 5.38 Å². The first-order chi connectivity index (χ1) is 9.47. The lowest BCUT2D eigenvalue weighted by Gasteiger charge is -2.14. The lowest BCUT2D eigenvalue weighted by Crippen LogP contribution is -2.32. The summed E-state index contributed by atoms with van der Waals surface area (Å²) in [6.07, 6.45) is -0.508. The first-order valence-corrected chi connectivity index (χ1v) is 7.26. The lowest BCUT2D eigenvalue weighted by atomic mass is 10.3. The van der Waals surface area contributed by atoms with Gasteiger partial charge in [-0.1, -0.05) is 0 Å². The van der Waals surface area contributed by atoms with Crippen molar-refractivity contribution in [2.24, 2.45) is 0 Å². The number of hydrogen-bond donors (Lipinski definition) is 1. The van der Waals surface area contributed by atoms with E-state index in [2.05, 4.69) is 15.0 Å². The Balaban J connectivity index is 1.66. The van der Waals surface area contributed by atoms with Crippen LogP contribution in [0.25, 0.3) is 0 Å². The molecule has 0 saturated heterocycles. The number of thiazole rings is 1. The van der Waals surface area contributed by atoms with Crippen molar-refractivity contribution in [3.8, 4) is 0 Å². The summed E-state index contributed by atoms with van der Waals surface area (Å²) in [5.41, 5.74) is 0.863. The van der Waals surface area contributed by atoms with Crippen LogP contribution in [-0.2, 0) is 17.8 Å². The zero-order valence-electron chi connectivity index (χ0n) is 10.8. The number of nitrogens with zero attached hydrogens (tertiary/aromatic N) is 1. The SMILES string of the molecule is FC(F)C(F)(F)COCc1nc(CCNC2CC2)cs1. The number of rotatable bonds is 9. The van der Waals surface area contributed by atoms with E-state index in [0.717, 1.165) is 18.7 Å². The third-order valence-corrected chi connectivity index (χ3v) is 3.70. The molecular weight excluding hydrogens is 296 g/mol. The second-order valence-electron chi connectivity index (χ2n) is 4.77. The summed E-state index contributed by atoms with van der Waals surface area (Å²) in [5.74, 6) is -4.10. The molecule has 0 unspecified atom stereocenters. The molecule has 0 aromatic carbocycles. The second kappa shape index (κ2) is 6.82. The zero-order chi connectivity index (χ0) is 14.6. The van der Waals surface area contributed by atoms with Crippen molar-refractivity contribution in [2.75, 3.05) is 13.2 Å². The molecule has 114 valence electrons. The van der Waals surface area contributed by atoms with Crippen LogP contribution in [0.4, 0.5) is 17.6 Å². The minimum Gasteiger partial charge on any atom is -0.368 e. The smallest absolute Gasteiger partial charge is 0.330 e. The fourth-order valence-corrected chi connectivity index (χ4v) is 2.32. The van der Waals surface area contributed by atoms with E-state index < -0.39 is 19.0 Å². The molecule has 1 fully saturated rings. The Kier molecular flexibility index (Phi) is 5.34. The Morgan fingerprint density at radius 3 is 2.85 bits per heavy atom. The maximum Gasteiger partial charge on any atom is 0.330 e. The van der Waals surface area contributed by atoms with Crippen molar-refractivity contribution in [3.05, 3.63) is 16.1 Å². The molecule has 8 heteroatoms. The molecule has 0 aliphatic heterocycles. The lowest BCUT2D eigenvalue weighted by molar-refractivity contribution is -0.168. The Morgan fingerprint density at radius 2 is 2.20 bits per heavy atom. The molecule has 1 saturated carbocycles. The Morgan fingerprint density at radius 1 is 1.45 bits per heavy atom. The van der Waals surface area contributed by atoms with Crippen LogP contribution < -0.4 is 5.32 Å². The summed E-state index contributed by atoms with van der Waals surface area (Å²) in [6, 6.07) is 0.632. The van der Waals surface area contributed by atoms with Gasteiger partial charge >= 0.3 is 12.3 Å². The summed E-state index contributed by atoms with van der Waals surface area (Å²) in [5, 5.41) is 5.70. The molecule has 1 aliphatic rings. The van der Waals surface area contributed by atoms with E-state index in [0.29, 0.717) is 11.0 Å². The molecule has 0 spiro atoms. The topological polar surface area (TPSA) is 34.1 Å². The van der Waals surface area contributed by atoms with Crippen LogP contribution in [0.5, 0.6) is 0 Å². The van der Waals surface area contributed by atoms with E-state index in [4.69, 9.17) is 0 Å². The van der Waals surface area contributed by atoms with Crippen molar-refractivity contribution >= 4 is 11.3 Å². The average molecular weight is 312 g/mol. The summed E-state index contributed by atoms with van der Waals surface area (Å²) in [7, 11) is 0. The van der Waals surface area contributed by atoms with Crippen LogP contribution in [0, 0.1) is 0 Å². The zero-order valence-corrected chi connectivity index (χ0v) is 11.6. The van der Waals surface area contributed by atoms with Gasteiger partial charge in [-0.2, -0.15) is 8.78 Å². The van der Waals surface area contributed by atoms with Crippen LogP contribution in [0.3, 0.4) is 0 Å². The maximum atomic E-state index is 12.6. The van der Waals surface area contributed by atoms with Gasteiger partial charge in [-0.3, -0.25) is 0 Å². The number of alkyl halides is 4. The molecule has 1 aliphatic carbocycles. The average Bonchev–Trinajstić information content (AvgIpc) is 3.09. The van der Waals surface area contributed by atoms with Crippen molar-refractivity contribution in [2.45, 2.75) is 44.3 Å². The summed E-state index contributed by atoms with van der Waals surface area (Å²) < 4.78 is 53.6. The molecule has 0 radical (unpaired) electrons. The van der Waals surface area contributed by atoms with Gasteiger partial charge in [0.2, 0.25) is 0 Å². The highest BCUT2D eigenvalue weighted by Gasteiger charge is 2.40. The summed E-state index contributed by atoms with van der Waals surface area (Å²) >= 11 is 1.29. The minimum atomic E-state index is -4.10. The van der Waals surface area contributed by atoms with E-state index in [1.165, 1.54) is 24.2 Å². The Hall–Kier alpha value is -0.730. The fraction of sp³-hybridized carbons (Fsp3) is 0.750. The highest BCUT2D eigenvalue weighted by Crippen LogP contribution is 2.23. The van der Waals surface area contributed by atoms with Gasteiger partial charge in [0.05, 0.1) is 12.3 Å². The molecule has 2 rings (SSSR count). The molecule has 20 heavy (non-hydrogen) atoms. The van der Waals surface area contributed by atoms with Crippen molar-refractivity contribution < 1.29 is 22.3 Å². The van der Waals surface area contributed by atoms with Crippen LogP contribution in [0.2, 0.25) is 0 Å². The van der Waals surface area contributed by atoms with Gasteiger partial charge in [0.15, 0.2) is 0 Å². The number of halogens is 4. The molecule has 0 bridgehead atoms. The largest absolute Gasteiger partial charge is 0.368 e. The van der Waals surface area contributed by atoms with Gasteiger partial charge in [0.1, 0.15) is 11.6 Å². The van der Waals surface area contributed by atoms with Gasteiger partial charge in [-0.05, 0) is 12.8 Å². The molecule has 0 amide bonds. The molecule has 1 aromatic rings. The Labute approximate surface area is 118 Å². The molecule has 1 heterocycles. The van der Waals surface area contributed by atoms with Crippen molar-refractivity contribution in [3.63, 3.8) is 0 Å². The quantitative estimate of drug-likeness (QED) is 0.712. The van der Waals surface area contributed by atoms with Crippen molar-refractivity contribution in [1.82, 2.24) is 10.3 Å². The second-order valence-corrected chi connectivity index (χ2v) is 5.71. The maximum absolute atomic E-state index is 12.6. The number of ether oxygens (including phenoxy) is 1. The van der Waals surface area contributed by atoms with Crippen LogP contribution in [0.1, 0.15) is 23.5 Å². The predicted molar refractivity (Wildman–Crippen MR) is 67.4 cm³/mol. The van der Waals surface area contributed by atoms with E-state index in [1.54, 1.807) is 0 Å². The number of nitrogens with one attached hydrogen (secondary N) is 1. The number of aromatic nitrogens is 1. The van der Waals surface area contributed by atoms with Gasteiger partial charge in [-0.15, -0.1) is 11.3 Å². The first kappa shape index (κ1) is 15.7. The third-order valence-electron chi connectivity index (χ3n) is 2.83. The minimum absolute atomic E-state index is 0.164. The normalized spacial score (nSPS) is 16.1. The molecule has 3 nitrogen and oxygen atoms in total. The molecule has 1 aromatic heterocycles. The molecular formula is C12H16F4N2OS. The fourth-order valence-electron chi connectivity index (χ4n) is 1.56.